The van der Waals surface area contributed by atoms with Crippen LogP contribution in [0.5, 0.6) is 11.5 Å². The van der Waals surface area contributed by atoms with Crippen LogP contribution in [-0.4, -0.2) is 40.0 Å². The SMILES string of the molecule is CCNC(=O)n1nc(-c2cc(NC(=O)c3ccc(OCC)cc3)ccc2O)cc1C1CCCC1. The van der Waals surface area contributed by atoms with Gasteiger partial charge in [0, 0.05) is 29.3 Å². The van der Waals surface area contributed by atoms with Gasteiger partial charge in [0.1, 0.15) is 11.5 Å². The van der Waals surface area contributed by atoms with Crippen molar-refractivity contribution in [1.29, 1.82) is 0 Å². The molecule has 0 bridgehead atoms. The predicted octanol–water partition coefficient (Wildman–Crippen LogP) is 5.14. The van der Waals surface area contributed by atoms with Gasteiger partial charge in [-0.15, -0.1) is 0 Å². The van der Waals surface area contributed by atoms with E-state index in [1.807, 2.05) is 19.9 Å². The minimum Gasteiger partial charge on any atom is -0.507 e. The van der Waals surface area contributed by atoms with E-state index in [1.165, 1.54) is 10.7 Å². The number of aromatic hydroxyl groups is 1. The van der Waals surface area contributed by atoms with Gasteiger partial charge in [-0.1, -0.05) is 12.8 Å². The lowest BCUT2D eigenvalue weighted by Crippen LogP contribution is -2.30. The zero-order valence-electron chi connectivity index (χ0n) is 19.5. The van der Waals surface area contributed by atoms with E-state index in [0.29, 0.717) is 41.4 Å². The van der Waals surface area contributed by atoms with Crippen molar-refractivity contribution >= 4 is 17.6 Å². The summed E-state index contributed by atoms with van der Waals surface area (Å²) < 4.78 is 6.84. The van der Waals surface area contributed by atoms with E-state index in [4.69, 9.17) is 4.74 Å². The molecule has 1 fully saturated rings. The fourth-order valence-corrected chi connectivity index (χ4v) is 4.32. The van der Waals surface area contributed by atoms with Crippen molar-refractivity contribution in [2.24, 2.45) is 0 Å². The first-order chi connectivity index (χ1) is 16.5. The van der Waals surface area contributed by atoms with Crippen LogP contribution in [0.2, 0.25) is 0 Å². The number of rotatable bonds is 7. The molecule has 2 amide bonds. The standard InChI is InChI=1S/C26H30N4O4/c1-3-27-26(33)30-23(17-7-5-6-8-17)16-22(29-30)21-15-19(11-14-24(21)31)28-25(32)18-9-12-20(13-10-18)34-4-2/h9-17,31H,3-8H2,1-2H3,(H,27,33)(H,28,32). The summed E-state index contributed by atoms with van der Waals surface area (Å²) in [6, 6.07) is 13.3. The first-order valence-electron chi connectivity index (χ1n) is 11.8. The Bertz CT molecular complexity index is 1160. The topological polar surface area (TPSA) is 105 Å². The molecule has 1 heterocycles. The molecule has 3 aromatic rings. The van der Waals surface area contributed by atoms with E-state index in [-0.39, 0.29) is 23.6 Å². The van der Waals surface area contributed by atoms with Crippen LogP contribution in [0.4, 0.5) is 10.5 Å². The van der Waals surface area contributed by atoms with Crippen LogP contribution in [0.15, 0.2) is 48.5 Å². The number of amides is 2. The van der Waals surface area contributed by atoms with Crippen molar-refractivity contribution in [3.63, 3.8) is 0 Å². The molecule has 1 aromatic heterocycles. The van der Waals surface area contributed by atoms with Gasteiger partial charge in [-0.3, -0.25) is 4.79 Å². The number of nitrogens with one attached hydrogen (secondary N) is 2. The van der Waals surface area contributed by atoms with Crippen molar-refractivity contribution in [3.05, 3.63) is 59.8 Å². The maximum atomic E-state index is 12.7. The third-order valence-corrected chi connectivity index (χ3v) is 5.99. The number of phenolic OH excluding ortho intramolecular Hbond substituents is 1. The van der Waals surface area contributed by atoms with Crippen LogP contribution < -0.4 is 15.4 Å². The van der Waals surface area contributed by atoms with Gasteiger partial charge >= 0.3 is 6.03 Å². The Balaban J connectivity index is 1.61. The number of aromatic nitrogens is 2. The van der Waals surface area contributed by atoms with E-state index in [0.717, 1.165) is 31.4 Å². The van der Waals surface area contributed by atoms with Crippen molar-refractivity contribution in [2.75, 3.05) is 18.5 Å². The van der Waals surface area contributed by atoms with E-state index in [9.17, 15) is 14.7 Å². The Hall–Kier alpha value is -3.81. The number of carbonyl (C=O) groups excluding carboxylic acids is 2. The van der Waals surface area contributed by atoms with Crippen molar-refractivity contribution < 1.29 is 19.4 Å². The molecule has 8 nitrogen and oxygen atoms in total. The Morgan fingerprint density at radius 2 is 1.82 bits per heavy atom. The molecule has 8 heteroatoms. The molecular formula is C26H30N4O4. The highest BCUT2D eigenvalue weighted by Gasteiger charge is 2.26. The summed E-state index contributed by atoms with van der Waals surface area (Å²) in [5.74, 6) is 0.706. The first kappa shape index (κ1) is 23.4. The number of ether oxygens (including phenoxy) is 1. The molecule has 0 aliphatic heterocycles. The maximum absolute atomic E-state index is 12.7. The minimum absolute atomic E-state index is 0.0255. The Morgan fingerprint density at radius 3 is 2.50 bits per heavy atom. The smallest absolute Gasteiger partial charge is 0.342 e. The first-order valence-corrected chi connectivity index (χ1v) is 11.8. The molecule has 0 radical (unpaired) electrons. The lowest BCUT2D eigenvalue weighted by molar-refractivity contribution is 0.102. The van der Waals surface area contributed by atoms with Crippen LogP contribution >= 0.6 is 0 Å². The van der Waals surface area contributed by atoms with Gasteiger partial charge in [-0.2, -0.15) is 9.78 Å². The van der Waals surface area contributed by atoms with Gasteiger partial charge in [-0.25, -0.2) is 4.79 Å². The van der Waals surface area contributed by atoms with Crippen molar-refractivity contribution in [3.8, 4) is 22.8 Å². The number of phenols is 1. The number of carbonyl (C=O) groups is 2. The van der Waals surface area contributed by atoms with Gasteiger partial charge in [0.2, 0.25) is 0 Å². The highest BCUT2D eigenvalue weighted by Crippen LogP contribution is 2.38. The van der Waals surface area contributed by atoms with Crippen molar-refractivity contribution in [2.45, 2.75) is 45.4 Å². The monoisotopic (exact) mass is 462 g/mol. The average molecular weight is 463 g/mol. The van der Waals surface area contributed by atoms with Gasteiger partial charge in [0.15, 0.2) is 0 Å². The summed E-state index contributed by atoms with van der Waals surface area (Å²) in [7, 11) is 0. The van der Waals surface area contributed by atoms with E-state index in [2.05, 4.69) is 15.7 Å². The molecule has 4 rings (SSSR count). The zero-order valence-corrected chi connectivity index (χ0v) is 19.5. The van der Waals surface area contributed by atoms with Crippen LogP contribution in [0.1, 0.15) is 61.5 Å². The normalized spacial score (nSPS) is 13.6. The third kappa shape index (κ3) is 5.06. The van der Waals surface area contributed by atoms with Gasteiger partial charge in [0.05, 0.1) is 18.0 Å². The van der Waals surface area contributed by atoms with E-state index >= 15 is 0 Å². The van der Waals surface area contributed by atoms with Crippen LogP contribution in [0.25, 0.3) is 11.3 Å². The van der Waals surface area contributed by atoms with Crippen LogP contribution in [0.3, 0.4) is 0 Å². The molecular weight excluding hydrogens is 432 g/mol. The maximum Gasteiger partial charge on any atom is 0.342 e. The largest absolute Gasteiger partial charge is 0.507 e. The lowest BCUT2D eigenvalue weighted by Gasteiger charge is -2.11. The molecule has 1 aliphatic carbocycles. The fourth-order valence-electron chi connectivity index (χ4n) is 4.32. The average Bonchev–Trinajstić information content (AvgIpc) is 3.51. The van der Waals surface area contributed by atoms with Gasteiger partial charge in [0.25, 0.3) is 5.91 Å². The highest BCUT2D eigenvalue weighted by atomic mass is 16.5. The second kappa shape index (κ2) is 10.4. The van der Waals surface area contributed by atoms with Gasteiger partial charge in [-0.05, 0) is 75.2 Å². The number of nitrogens with zero attached hydrogens (tertiary/aromatic N) is 2. The highest BCUT2D eigenvalue weighted by molar-refractivity contribution is 6.04. The van der Waals surface area contributed by atoms with Crippen LogP contribution in [-0.2, 0) is 0 Å². The lowest BCUT2D eigenvalue weighted by atomic mass is 10.0. The van der Waals surface area contributed by atoms with E-state index in [1.54, 1.807) is 36.4 Å². The summed E-state index contributed by atoms with van der Waals surface area (Å²) in [4.78, 5) is 25.4. The molecule has 1 aliphatic rings. The number of hydrogen-bond donors (Lipinski definition) is 3. The molecule has 3 N–H and O–H groups in total. The molecule has 0 atom stereocenters. The third-order valence-electron chi connectivity index (χ3n) is 5.99. The predicted molar refractivity (Wildman–Crippen MR) is 131 cm³/mol. The Morgan fingerprint density at radius 1 is 1.09 bits per heavy atom. The molecule has 0 saturated heterocycles. The molecule has 178 valence electrons. The molecule has 0 unspecified atom stereocenters. The Labute approximate surface area is 198 Å². The summed E-state index contributed by atoms with van der Waals surface area (Å²) >= 11 is 0. The Kier molecular flexibility index (Phi) is 7.15. The number of hydrogen-bond acceptors (Lipinski definition) is 5. The van der Waals surface area contributed by atoms with E-state index < -0.39 is 0 Å². The zero-order chi connectivity index (χ0) is 24.1. The second-order valence-electron chi connectivity index (χ2n) is 8.33. The molecule has 1 saturated carbocycles. The fraction of sp³-hybridized carbons (Fsp3) is 0.346. The second-order valence-corrected chi connectivity index (χ2v) is 8.33. The van der Waals surface area contributed by atoms with Crippen LogP contribution in [0, 0.1) is 0 Å². The molecule has 2 aromatic carbocycles. The van der Waals surface area contributed by atoms with Crippen molar-refractivity contribution in [1.82, 2.24) is 15.1 Å². The minimum atomic E-state index is -0.282. The quantitative estimate of drug-likeness (QED) is 0.422. The summed E-state index contributed by atoms with van der Waals surface area (Å²) in [6.07, 6.45) is 4.27. The molecule has 34 heavy (non-hydrogen) atoms. The summed E-state index contributed by atoms with van der Waals surface area (Å²) in [5.41, 5.74) is 2.79. The number of benzene rings is 2. The summed E-state index contributed by atoms with van der Waals surface area (Å²) in [5, 5.41) is 20.7. The molecule has 0 spiro atoms. The number of anilines is 1. The summed E-state index contributed by atoms with van der Waals surface area (Å²) in [6.45, 7) is 4.82. The van der Waals surface area contributed by atoms with Gasteiger partial charge < -0.3 is 20.5 Å².